The third-order valence-electron chi connectivity index (χ3n) is 7.47. The molecule has 1 N–H and O–H groups in total. The van der Waals surface area contributed by atoms with Crippen LogP contribution in [0, 0.1) is 12.8 Å². The summed E-state index contributed by atoms with van der Waals surface area (Å²) in [4.78, 5) is 20.1. The van der Waals surface area contributed by atoms with Gasteiger partial charge in [0.1, 0.15) is 18.8 Å². The van der Waals surface area contributed by atoms with E-state index in [-0.39, 0.29) is 27.7 Å². The van der Waals surface area contributed by atoms with E-state index in [1.54, 1.807) is 32.3 Å². The highest BCUT2D eigenvalue weighted by Crippen LogP contribution is 2.38. The number of pyridine rings is 1. The number of alkyl halides is 3. The number of carbonyl (C=O) groups excluding carboxylic acids is 1. The standard InChI is InChI=1S/C26H36F3N7O3SSi/c1-17-14-25(3,4)35(15-17)23-19(24(37)33-40(38,39)20-16-34(5)31-18(20)2)8-9-21(30-23)36-12-10-22(32-36)41(6,7)13-11-26(27,28)29/h8-10,12,16-17H,11,13-15H2,1-7H3,(H,33,37)/t17-/m0/s1. The second-order valence-corrected chi connectivity index (χ2v) is 18.5. The highest BCUT2D eigenvalue weighted by Gasteiger charge is 2.40. The van der Waals surface area contributed by atoms with Gasteiger partial charge in [0.25, 0.3) is 15.9 Å². The molecule has 0 saturated carbocycles. The zero-order chi connectivity index (χ0) is 30.5. The van der Waals surface area contributed by atoms with Crippen LogP contribution in [-0.2, 0) is 17.1 Å². The zero-order valence-corrected chi connectivity index (χ0v) is 26.1. The Morgan fingerprint density at radius 2 is 1.88 bits per heavy atom. The highest BCUT2D eigenvalue weighted by atomic mass is 32.2. The van der Waals surface area contributed by atoms with Crippen LogP contribution in [0.4, 0.5) is 19.0 Å². The molecule has 0 aromatic carbocycles. The predicted octanol–water partition coefficient (Wildman–Crippen LogP) is 3.92. The van der Waals surface area contributed by atoms with Crippen molar-refractivity contribution in [3.8, 4) is 5.82 Å². The van der Waals surface area contributed by atoms with Gasteiger partial charge in [0.05, 0.1) is 11.3 Å². The van der Waals surface area contributed by atoms with Crippen molar-refractivity contribution in [3.63, 3.8) is 0 Å². The summed E-state index contributed by atoms with van der Waals surface area (Å²) < 4.78 is 69.8. The molecule has 3 aromatic rings. The fourth-order valence-electron chi connectivity index (χ4n) is 5.38. The number of anilines is 1. The molecule has 1 aliphatic heterocycles. The van der Waals surface area contributed by atoms with E-state index < -0.39 is 36.6 Å². The Balaban J connectivity index is 1.72. The summed E-state index contributed by atoms with van der Waals surface area (Å²) in [5.74, 6) is 0.132. The Labute approximate surface area is 239 Å². The van der Waals surface area contributed by atoms with Crippen LogP contribution in [0.2, 0.25) is 19.1 Å². The van der Waals surface area contributed by atoms with Crippen molar-refractivity contribution < 1.29 is 26.4 Å². The Hall–Kier alpha value is -3.20. The van der Waals surface area contributed by atoms with Crippen molar-refractivity contribution in [1.29, 1.82) is 0 Å². The van der Waals surface area contributed by atoms with Gasteiger partial charge < -0.3 is 4.90 Å². The number of nitrogens with one attached hydrogen (secondary N) is 1. The van der Waals surface area contributed by atoms with E-state index in [2.05, 4.69) is 21.8 Å². The molecule has 1 saturated heterocycles. The highest BCUT2D eigenvalue weighted by molar-refractivity contribution is 7.90. The third kappa shape index (κ3) is 6.66. The molecule has 0 radical (unpaired) electrons. The number of carbonyl (C=O) groups is 1. The van der Waals surface area contributed by atoms with E-state index in [0.29, 0.717) is 29.4 Å². The van der Waals surface area contributed by atoms with Crippen LogP contribution in [0.15, 0.2) is 35.5 Å². The van der Waals surface area contributed by atoms with E-state index in [1.807, 2.05) is 31.8 Å². The summed E-state index contributed by atoms with van der Waals surface area (Å²) in [5.41, 5.74) is -0.0406. The summed E-state index contributed by atoms with van der Waals surface area (Å²) in [5, 5.41) is 9.25. The van der Waals surface area contributed by atoms with Gasteiger partial charge in [-0.2, -0.15) is 23.4 Å². The van der Waals surface area contributed by atoms with E-state index >= 15 is 0 Å². The second kappa shape index (κ2) is 10.6. The quantitative estimate of drug-likeness (QED) is 0.384. The van der Waals surface area contributed by atoms with Gasteiger partial charge in [0.2, 0.25) is 0 Å². The molecule has 1 fully saturated rings. The van der Waals surface area contributed by atoms with Crippen molar-refractivity contribution >= 4 is 35.1 Å². The van der Waals surface area contributed by atoms with Gasteiger partial charge in [-0.25, -0.2) is 22.8 Å². The van der Waals surface area contributed by atoms with Crippen molar-refractivity contribution in [3.05, 3.63) is 41.9 Å². The molecule has 3 aromatic heterocycles. The Bertz CT molecular complexity index is 1560. The fraction of sp³-hybridized carbons (Fsp3) is 0.538. The predicted molar refractivity (Wildman–Crippen MR) is 152 cm³/mol. The van der Waals surface area contributed by atoms with Crippen LogP contribution in [-0.4, -0.2) is 65.2 Å². The lowest BCUT2D eigenvalue weighted by Gasteiger charge is -2.34. The number of amides is 1. The molecule has 15 heteroatoms. The number of hydrogen-bond acceptors (Lipinski definition) is 7. The molecule has 4 rings (SSSR count). The van der Waals surface area contributed by atoms with Gasteiger partial charge in [0, 0.05) is 43.3 Å². The lowest BCUT2D eigenvalue weighted by atomic mass is 9.97. The molecule has 41 heavy (non-hydrogen) atoms. The molecule has 0 unspecified atom stereocenters. The van der Waals surface area contributed by atoms with Gasteiger partial charge >= 0.3 is 6.18 Å². The first kappa shape index (κ1) is 30.7. The largest absolute Gasteiger partial charge is 0.388 e. The maximum absolute atomic E-state index is 13.5. The number of rotatable bonds is 8. The summed E-state index contributed by atoms with van der Waals surface area (Å²) in [6.07, 6.45) is -1.29. The maximum atomic E-state index is 13.5. The molecule has 10 nitrogen and oxygen atoms in total. The first-order chi connectivity index (χ1) is 18.8. The number of halogens is 3. The van der Waals surface area contributed by atoms with Crippen LogP contribution in [0.3, 0.4) is 0 Å². The number of sulfonamides is 1. The zero-order valence-electron chi connectivity index (χ0n) is 24.2. The molecule has 0 aliphatic carbocycles. The van der Waals surface area contributed by atoms with Crippen molar-refractivity contribution in [2.45, 2.75) is 76.3 Å². The molecular formula is C26H36F3N7O3SSi. The second-order valence-electron chi connectivity index (χ2n) is 12.1. The topological polar surface area (TPSA) is 115 Å². The van der Waals surface area contributed by atoms with Crippen LogP contribution in [0.25, 0.3) is 5.82 Å². The van der Waals surface area contributed by atoms with Crippen LogP contribution in [0.5, 0.6) is 0 Å². The number of hydrogen-bond donors (Lipinski definition) is 1. The van der Waals surface area contributed by atoms with Crippen molar-refractivity contribution in [1.82, 2.24) is 29.3 Å². The SMILES string of the molecule is Cc1nn(C)cc1S(=O)(=O)NC(=O)c1ccc(-n2ccc([Si](C)(C)CCC(F)(F)F)n2)nc1N1C[C@@H](C)CC1(C)C. The maximum Gasteiger partial charge on any atom is 0.388 e. The number of aromatic nitrogens is 5. The van der Waals surface area contributed by atoms with Crippen LogP contribution >= 0.6 is 0 Å². The van der Waals surface area contributed by atoms with Crippen LogP contribution in [0.1, 0.15) is 49.7 Å². The van der Waals surface area contributed by atoms with Gasteiger partial charge in [-0.15, -0.1) is 0 Å². The van der Waals surface area contributed by atoms with Gasteiger partial charge in [0.15, 0.2) is 5.82 Å². The Morgan fingerprint density at radius 3 is 2.44 bits per heavy atom. The smallest absolute Gasteiger partial charge is 0.350 e. The number of nitrogens with zero attached hydrogens (tertiary/aromatic N) is 6. The first-order valence-corrected chi connectivity index (χ1v) is 18.0. The Morgan fingerprint density at radius 1 is 1.20 bits per heavy atom. The summed E-state index contributed by atoms with van der Waals surface area (Å²) in [6.45, 7) is 12.0. The molecule has 0 bridgehead atoms. The molecule has 1 amide bonds. The average Bonchev–Trinajstić information content (AvgIpc) is 3.53. The number of aryl methyl sites for hydroxylation is 2. The summed E-state index contributed by atoms with van der Waals surface area (Å²) >= 11 is 0. The van der Waals surface area contributed by atoms with Crippen molar-refractivity contribution in [2.75, 3.05) is 11.4 Å². The lowest BCUT2D eigenvalue weighted by Crippen LogP contribution is -2.43. The molecule has 1 aliphatic rings. The molecular weight excluding hydrogens is 575 g/mol. The average molecular weight is 612 g/mol. The van der Waals surface area contributed by atoms with E-state index in [9.17, 15) is 26.4 Å². The first-order valence-electron chi connectivity index (χ1n) is 13.3. The van der Waals surface area contributed by atoms with Crippen molar-refractivity contribution in [2.24, 2.45) is 13.0 Å². The summed E-state index contributed by atoms with van der Waals surface area (Å²) in [6, 6.07) is 4.78. The molecule has 224 valence electrons. The summed E-state index contributed by atoms with van der Waals surface area (Å²) in [7, 11) is -5.11. The third-order valence-corrected chi connectivity index (χ3v) is 12.1. The molecule has 0 spiro atoms. The van der Waals surface area contributed by atoms with E-state index in [1.165, 1.54) is 21.6 Å². The van der Waals surface area contributed by atoms with Gasteiger partial charge in [-0.3, -0.25) is 9.48 Å². The fourth-order valence-corrected chi connectivity index (χ4v) is 8.63. The molecule has 4 heterocycles. The minimum atomic E-state index is -4.23. The Kier molecular flexibility index (Phi) is 7.93. The van der Waals surface area contributed by atoms with Gasteiger partial charge in [-0.1, -0.05) is 20.0 Å². The monoisotopic (exact) mass is 611 g/mol. The van der Waals surface area contributed by atoms with Crippen LogP contribution < -0.4 is 14.9 Å². The minimum Gasteiger partial charge on any atom is -0.350 e. The molecule has 1 atom stereocenters. The van der Waals surface area contributed by atoms with Gasteiger partial charge in [-0.05, 0) is 57.4 Å². The normalized spacial score (nSPS) is 17.7. The van der Waals surface area contributed by atoms with E-state index in [0.717, 1.165) is 6.42 Å². The van der Waals surface area contributed by atoms with E-state index in [4.69, 9.17) is 4.98 Å². The minimum absolute atomic E-state index is 0.00996. The lowest BCUT2D eigenvalue weighted by molar-refractivity contribution is -0.130.